The van der Waals surface area contributed by atoms with Gasteiger partial charge < -0.3 is 10.6 Å². The van der Waals surface area contributed by atoms with Crippen molar-refractivity contribution in [2.45, 2.75) is 40.2 Å². The zero-order valence-corrected chi connectivity index (χ0v) is 17.6. The van der Waals surface area contributed by atoms with Crippen molar-refractivity contribution in [3.8, 4) is 11.3 Å². The average molecular weight is 426 g/mol. The molecule has 6 heteroatoms. The molecule has 3 rings (SSSR count). The van der Waals surface area contributed by atoms with Crippen molar-refractivity contribution in [3.05, 3.63) is 58.3 Å². The third kappa shape index (κ3) is 4.83. The Morgan fingerprint density at radius 3 is 2.48 bits per heavy atom. The van der Waals surface area contributed by atoms with Crippen molar-refractivity contribution in [2.75, 3.05) is 10.6 Å². The van der Waals surface area contributed by atoms with Gasteiger partial charge in [-0.2, -0.15) is 4.98 Å². The van der Waals surface area contributed by atoms with Gasteiger partial charge >= 0.3 is 0 Å². The second-order valence-corrected chi connectivity index (χ2v) is 7.61. The van der Waals surface area contributed by atoms with E-state index in [-0.39, 0.29) is 6.04 Å². The highest BCUT2D eigenvalue weighted by atomic mass is 79.9. The van der Waals surface area contributed by atoms with E-state index in [1.54, 1.807) is 6.20 Å². The molecule has 2 heterocycles. The van der Waals surface area contributed by atoms with Crippen LogP contribution in [-0.4, -0.2) is 21.0 Å². The van der Waals surface area contributed by atoms with Crippen LogP contribution in [0.25, 0.3) is 11.3 Å². The smallest absolute Gasteiger partial charge is 0.225 e. The first-order chi connectivity index (χ1) is 13.0. The fourth-order valence-corrected chi connectivity index (χ4v) is 3.48. The van der Waals surface area contributed by atoms with Gasteiger partial charge in [-0.25, -0.2) is 4.98 Å². The number of hydrogen-bond donors (Lipinski definition) is 2. The summed E-state index contributed by atoms with van der Waals surface area (Å²) < 4.78 is 1.07. The molecule has 1 aromatic carbocycles. The molecule has 0 unspecified atom stereocenters. The van der Waals surface area contributed by atoms with Gasteiger partial charge in [0.1, 0.15) is 5.82 Å². The highest BCUT2D eigenvalue weighted by molar-refractivity contribution is 9.10. The summed E-state index contributed by atoms with van der Waals surface area (Å²) in [5, 5.41) is 6.85. The van der Waals surface area contributed by atoms with Crippen molar-refractivity contribution < 1.29 is 0 Å². The number of benzene rings is 1. The molecule has 0 aliphatic rings. The minimum Gasteiger partial charge on any atom is -0.352 e. The summed E-state index contributed by atoms with van der Waals surface area (Å²) in [5.74, 6) is 1.36. The number of aryl methyl sites for hydroxylation is 2. The second-order valence-electron chi connectivity index (χ2n) is 6.70. The number of aromatic nitrogens is 3. The van der Waals surface area contributed by atoms with E-state index >= 15 is 0 Å². The van der Waals surface area contributed by atoms with Gasteiger partial charge in [-0.05, 0) is 62.6 Å². The minimum absolute atomic E-state index is 0.290. The van der Waals surface area contributed by atoms with Crippen molar-refractivity contribution in [1.29, 1.82) is 0 Å². The molecule has 0 bridgehead atoms. The third-order valence-corrected chi connectivity index (χ3v) is 4.88. The van der Waals surface area contributed by atoms with Crippen LogP contribution in [0.3, 0.4) is 0 Å². The molecule has 0 spiro atoms. The lowest BCUT2D eigenvalue weighted by atomic mass is 10.1. The number of nitrogens with zero attached hydrogens (tertiary/aromatic N) is 3. The van der Waals surface area contributed by atoms with E-state index in [9.17, 15) is 0 Å². The Balaban J connectivity index is 2.02. The SMILES string of the molecule is CC[C@@H](C)Nc1nc(Nc2c(C)cc(Br)cc2C)cc(-c2cccnc2)n1. The monoisotopic (exact) mass is 425 g/mol. The molecule has 140 valence electrons. The third-order valence-electron chi connectivity index (χ3n) is 4.42. The van der Waals surface area contributed by atoms with Crippen LogP contribution in [0.4, 0.5) is 17.5 Å². The standard InChI is InChI=1S/C21H24BrN5/c1-5-15(4)24-21-25-18(16-7-6-8-23-12-16)11-19(27-21)26-20-13(2)9-17(22)10-14(20)3/h6-12,15H,5H2,1-4H3,(H2,24,25,26,27)/t15-/m1/s1. The number of nitrogens with one attached hydrogen (secondary N) is 2. The van der Waals surface area contributed by atoms with Crippen LogP contribution in [0, 0.1) is 13.8 Å². The van der Waals surface area contributed by atoms with Crippen LogP contribution in [0.2, 0.25) is 0 Å². The van der Waals surface area contributed by atoms with Crippen molar-refractivity contribution in [3.63, 3.8) is 0 Å². The molecule has 27 heavy (non-hydrogen) atoms. The van der Waals surface area contributed by atoms with Gasteiger partial charge in [-0.1, -0.05) is 22.9 Å². The predicted octanol–water partition coefficient (Wildman–Crippen LogP) is 5.87. The fourth-order valence-electron chi connectivity index (χ4n) is 2.80. The Morgan fingerprint density at radius 2 is 1.85 bits per heavy atom. The summed E-state index contributed by atoms with van der Waals surface area (Å²) in [5.41, 5.74) is 5.15. The lowest BCUT2D eigenvalue weighted by Crippen LogP contribution is -2.16. The average Bonchev–Trinajstić information content (AvgIpc) is 2.65. The molecule has 0 amide bonds. The number of anilines is 3. The maximum absolute atomic E-state index is 4.68. The molecule has 0 aliphatic heterocycles. The van der Waals surface area contributed by atoms with Crippen LogP contribution >= 0.6 is 15.9 Å². The highest BCUT2D eigenvalue weighted by Crippen LogP contribution is 2.29. The first-order valence-electron chi connectivity index (χ1n) is 9.06. The lowest BCUT2D eigenvalue weighted by molar-refractivity contribution is 0.753. The van der Waals surface area contributed by atoms with E-state index < -0.39 is 0 Å². The molecule has 2 N–H and O–H groups in total. The van der Waals surface area contributed by atoms with Crippen LogP contribution < -0.4 is 10.6 Å². The zero-order chi connectivity index (χ0) is 19.4. The van der Waals surface area contributed by atoms with E-state index in [1.165, 1.54) is 0 Å². The number of rotatable bonds is 6. The summed E-state index contributed by atoms with van der Waals surface area (Å²) in [4.78, 5) is 13.6. The highest BCUT2D eigenvalue weighted by Gasteiger charge is 2.11. The minimum atomic E-state index is 0.290. The molecule has 0 saturated heterocycles. The van der Waals surface area contributed by atoms with Gasteiger partial charge in [-0.15, -0.1) is 0 Å². The van der Waals surface area contributed by atoms with Gasteiger partial charge in [0.05, 0.1) is 5.69 Å². The summed E-state index contributed by atoms with van der Waals surface area (Å²) in [7, 11) is 0. The number of hydrogen-bond acceptors (Lipinski definition) is 5. The van der Waals surface area contributed by atoms with E-state index in [0.29, 0.717) is 5.95 Å². The Kier molecular flexibility index (Phi) is 6.06. The van der Waals surface area contributed by atoms with Gasteiger partial charge in [0.25, 0.3) is 0 Å². The molecule has 1 atom stereocenters. The predicted molar refractivity (Wildman–Crippen MR) is 116 cm³/mol. The lowest BCUT2D eigenvalue weighted by Gasteiger charge is -2.16. The molecule has 0 saturated carbocycles. The largest absolute Gasteiger partial charge is 0.352 e. The normalized spacial score (nSPS) is 11.9. The molecule has 5 nitrogen and oxygen atoms in total. The first-order valence-corrected chi connectivity index (χ1v) is 9.85. The molecule has 3 aromatic rings. The number of halogens is 1. The van der Waals surface area contributed by atoms with Gasteiger partial charge in [-0.3, -0.25) is 4.98 Å². The van der Waals surface area contributed by atoms with Gasteiger partial charge in [0.15, 0.2) is 0 Å². The summed E-state index contributed by atoms with van der Waals surface area (Å²) in [6.45, 7) is 8.43. The molecular formula is C21H24BrN5. The Hall–Kier alpha value is -2.47. The second kappa shape index (κ2) is 8.48. The number of pyridine rings is 1. The van der Waals surface area contributed by atoms with Crippen LogP contribution in [0.5, 0.6) is 0 Å². The van der Waals surface area contributed by atoms with Crippen molar-refractivity contribution >= 4 is 33.4 Å². The van der Waals surface area contributed by atoms with E-state index in [0.717, 1.165) is 44.8 Å². The molecule has 0 aliphatic carbocycles. The maximum Gasteiger partial charge on any atom is 0.225 e. The van der Waals surface area contributed by atoms with Gasteiger partial charge in [0.2, 0.25) is 5.95 Å². The maximum atomic E-state index is 4.68. The van der Waals surface area contributed by atoms with Crippen LogP contribution in [0.1, 0.15) is 31.4 Å². The Bertz CT molecular complexity index is 904. The summed E-state index contributed by atoms with van der Waals surface area (Å²) in [6.07, 6.45) is 4.57. The zero-order valence-electron chi connectivity index (χ0n) is 16.0. The Labute approximate surface area is 168 Å². The van der Waals surface area contributed by atoms with Crippen LogP contribution in [-0.2, 0) is 0 Å². The quantitative estimate of drug-likeness (QED) is 0.516. The molecular weight excluding hydrogens is 402 g/mol. The summed E-state index contributed by atoms with van der Waals surface area (Å²) >= 11 is 3.55. The van der Waals surface area contributed by atoms with E-state index in [4.69, 9.17) is 0 Å². The molecule has 2 aromatic heterocycles. The fraction of sp³-hybridized carbons (Fsp3) is 0.286. The van der Waals surface area contributed by atoms with Crippen molar-refractivity contribution in [2.24, 2.45) is 0 Å². The van der Waals surface area contributed by atoms with E-state index in [1.807, 2.05) is 24.4 Å². The van der Waals surface area contributed by atoms with Gasteiger partial charge in [0, 0.05) is 40.2 Å². The van der Waals surface area contributed by atoms with E-state index in [2.05, 4.69) is 81.3 Å². The van der Waals surface area contributed by atoms with Crippen LogP contribution in [0.15, 0.2) is 47.2 Å². The van der Waals surface area contributed by atoms with Crippen molar-refractivity contribution in [1.82, 2.24) is 15.0 Å². The molecule has 0 fully saturated rings. The topological polar surface area (TPSA) is 62.7 Å². The summed E-state index contributed by atoms with van der Waals surface area (Å²) in [6, 6.07) is 10.4. The first kappa shape index (κ1) is 19.3. The Morgan fingerprint density at radius 1 is 1.11 bits per heavy atom. The molecule has 0 radical (unpaired) electrons.